The van der Waals surface area contributed by atoms with Crippen LogP contribution in [0.4, 0.5) is 0 Å². The highest BCUT2D eigenvalue weighted by molar-refractivity contribution is 7.89. The summed E-state index contributed by atoms with van der Waals surface area (Å²) in [5.74, 6) is 1.13. The molecule has 1 aliphatic rings. The molecule has 0 spiro atoms. The summed E-state index contributed by atoms with van der Waals surface area (Å²) in [6.45, 7) is 3.33. The minimum absolute atomic E-state index is 0.0695. The first-order chi connectivity index (χ1) is 10.0. The van der Waals surface area contributed by atoms with Gasteiger partial charge in [-0.1, -0.05) is 19.8 Å². The van der Waals surface area contributed by atoms with Crippen LogP contribution in [0.3, 0.4) is 0 Å². The van der Waals surface area contributed by atoms with E-state index in [0.29, 0.717) is 31.3 Å². The van der Waals surface area contributed by atoms with E-state index in [9.17, 15) is 8.42 Å². The molecule has 120 valence electrons. The van der Waals surface area contributed by atoms with Gasteiger partial charge in [-0.2, -0.15) is 5.10 Å². The van der Waals surface area contributed by atoms with Crippen molar-refractivity contribution in [2.24, 2.45) is 11.8 Å². The summed E-state index contributed by atoms with van der Waals surface area (Å²) in [6, 6.07) is 0. The number of sulfonamides is 1. The lowest BCUT2D eigenvalue weighted by atomic mass is 9.83. The number of aliphatic hydroxyl groups excluding tert-OH is 1. The number of hydrogen-bond acceptors (Lipinski definition) is 4. The number of aromatic nitrogens is 2. The number of nitrogens with zero attached hydrogens (tertiary/aromatic N) is 2. The number of aryl methyl sites for hydroxylation is 1. The fraction of sp³-hybridized carbons (Fsp3) is 0.786. The smallest absolute Gasteiger partial charge is 0.243 e. The molecule has 2 atom stereocenters. The van der Waals surface area contributed by atoms with Gasteiger partial charge in [-0.15, -0.1) is 0 Å². The van der Waals surface area contributed by atoms with Crippen LogP contribution in [0.5, 0.6) is 0 Å². The van der Waals surface area contributed by atoms with E-state index in [2.05, 4.69) is 16.7 Å². The topological polar surface area (TPSA) is 84.2 Å². The molecule has 0 bridgehead atoms. The molecule has 1 aromatic rings. The average molecular weight is 315 g/mol. The van der Waals surface area contributed by atoms with Crippen LogP contribution < -0.4 is 4.72 Å². The maximum absolute atomic E-state index is 12.2. The second-order valence-electron chi connectivity index (χ2n) is 6.01. The number of nitrogens with one attached hydrogen (secondary N) is 1. The molecule has 7 heteroatoms. The van der Waals surface area contributed by atoms with Gasteiger partial charge in [-0.25, -0.2) is 13.1 Å². The molecule has 1 aromatic heterocycles. The normalized spacial score (nSPS) is 23.3. The molecule has 1 fully saturated rings. The lowest BCUT2D eigenvalue weighted by Gasteiger charge is -2.26. The standard InChI is InChI=1S/C14H25N3O3S/c1-12-4-2-5-13(8-12)9-16-21(19,20)14-10-15-17(11-14)6-3-7-18/h10-13,16,18H,2-9H2,1H3. The Morgan fingerprint density at radius 2 is 2.29 bits per heavy atom. The molecular formula is C14H25N3O3S. The van der Waals surface area contributed by atoms with Crippen LogP contribution in [0.1, 0.15) is 39.0 Å². The van der Waals surface area contributed by atoms with Crippen LogP contribution in [0.15, 0.2) is 17.3 Å². The molecule has 0 aromatic carbocycles. The predicted molar refractivity (Wildman–Crippen MR) is 80.2 cm³/mol. The monoisotopic (exact) mass is 315 g/mol. The minimum atomic E-state index is -3.48. The Bertz CT molecular complexity index is 541. The third kappa shape index (κ3) is 4.79. The minimum Gasteiger partial charge on any atom is -0.396 e. The largest absolute Gasteiger partial charge is 0.396 e. The molecule has 0 aliphatic heterocycles. The summed E-state index contributed by atoms with van der Waals surface area (Å²) in [7, 11) is -3.48. The van der Waals surface area contributed by atoms with Gasteiger partial charge in [-0.05, 0) is 31.1 Å². The fourth-order valence-corrected chi connectivity index (χ4v) is 3.96. The number of aliphatic hydroxyl groups is 1. The molecule has 2 N–H and O–H groups in total. The molecule has 1 aliphatic carbocycles. The van der Waals surface area contributed by atoms with Crippen molar-refractivity contribution >= 4 is 10.0 Å². The lowest BCUT2D eigenvalue weighted by Crippen LogP contribution is -2.31. The zero-order chi connectivity index (χ0) is 15.3. The van der Waals surface area contributed by atoms with E-state index in [0.717, 1.165) is 12.8 Å². The predicted octanol–water partition coefficient (Wildman–Crippen LogP) is 1.37. The molecule has 0 saturated heterocycles. The first-order valence-corrected chi connectivity index (χ1v) is 9.12. The second-order valence-corrected chi connectivity index (χ2v) is 7.77. The van der Waals surface area contributed by atoms with Gasteiger partial charge in [-0.3, -0.25) is 4.68 Å². The van der Waals surface area contributed by atoms with E-state index in [4.69, 9.17) is 5.11 Å². The summed E-state index contributed by atoms with van der Waals surface area (Å²) in [6.07, 6.45) is 8.08. The van der Waals surface area contributed by atoms with Gasteiger partial charge in [0.05, 0.1) is 6.20 Å². The molecule has 0 radical (unpaired) electrons. The second kappa shape index (κ2) is 7.38. The Hall–Kier alpha value is -0.920. The molecule has 1 saturated carbocycles. The van der Waals surface area contributed by atoms with E-state index in [1.54, 1.807) is 4.68 Å². The highest BCUT2D eigenvalue weighted by atomic mass is 32.2. The molecule has 2 unspecified atom stereocenters. The van der Waals surface area contributed by atoms with Crippen molar-refractivity contribution in [2.75, 3.05) is 13.2 Å². The first kappa shape index (κ1) is 16.5. The van der Waals surface area contributed by atoms with Gasteiger partial charge in [0.15, 0.2) is 0 Å². The zero-order valence-electron chi connectivity index (χ0n) is 12.5. The van der Waals surface area contributed by atoms with Crippen LogP contribution in [-0.4, -0.2) is 36.5 Å². The van der Waals surface area contributed by atoms with Crippen molar-refractivity contribution in [3.8, 4) is 0 Å². The van der Waals surface area contributed by atoms with Crippen molar-refractivity contribution in [1.29, 1.82) is 0 Å². The highest BCUT2D eigenvalue weighted by Gasteiger charge is 2.22. The van der Waals surface area contributed by atoms with Gasteiger partial charge in [0, 0.05) is 25.9 Å². The van der Waals surface area contributed by atoms with Crippen molar-refractivity contribution in [1.82, 2.24) is 14.5 Å². The maximum atomic E-state index is 12.2. The summed E-state index contributed by atoms with van der Waals surface area (Å²) in [5, 5.41) is 12.8. The highest BCUT2D eigenvalue weighted by Crippen LogP contribution is 2.28. The van der Waals surface area contributed by atoms with Crippen LogP contribution in [-0.2, 0) is 16.6 Å². The summed E-state index contributed by atoms with van der Waals surface area (Å²) in [4.78, 5) is 0.198. The van der Waals surface area contributed by atoms with Gasteiger partial charge >= 0.3 is 0 Å². The quantitative estimate of drug-likeness (QED) is 0.796. The van der Waals surface area contributed by atoms with E-state index < -0.39 is 10.0 Å². The molecule has 1 heterocycles. The van der Waals surface area contributed by atoms with Gasteiger partial charge in [0.1, 0.15) is 4.90 Å². The van der Waals surface area contributed by atoms with Crippen molar-refractivity contribution in [3.63, 3.8) is 0 Å². The van der Waals surface area contributed by atoms with Gasteiger partial charge < -0.3 is 5.11 Å². The SMILES string of the molecule is CC1CCCC(CNS(=O)(=O)c2cnn(CCCO)c2)C1. The van der Waals surface area contributed by atoms with Crippen molar-refractivity contribution in [2.45, 2.75) is 50.5 Å². The van der Waals surface area contributed by atoms with E-state index in [1.807, 2.05) is 0 Å². The number of hydrogen-bond donors (Lipinski definition) is 2. The molecule has 21 heavy (non-hydrogen) atoms. The molecule has 0 amide bonds. The van der Waals surface area contributed by atoms with Crippen LogP contribution >= 0.6 is 0 Å². The van der Waals surface area contributed by atoms with Crippen LogP contribution in [0, 0.1) is 11.8 Å². The molecule has 2 rings (SSSR count). The number of rotatable bonds is 7. The van der Waals surface area contributed by atoms with Crippen molar-refractivity contribution < 1.29 is 13.5 Å². The molecular weight excluding hydrogens is 290 g/mol. The Labute approximate surface area is 126 Å². The van der Waals surface area contributed by atoms with Crippen LogP contribution in [0.25, 0.3) is 0 Å². The lowest BCUT2D eigenvalue weighted by molar-refractivity contribution is 0.277. The van der Waals surface area contributed by atoms with Gasteiger partial charge in [0.2, 0.25) is 10.0 Å². The third-order valence-corrected chi connectivity index (χ3v) is 5.45. The average Bonchev–Trinajstić information content (AvgIpc) is 2.93. The summed E-state index contributed by atoms with van der Waals surface area (Å²) < 4.78 is 28.7. The van der Waals surface area contributed by atoms with Gasteiger partial charge in [0.25, 0.3) is 0 Å². The van der Waals surface area contributed by atoms with E-state index in [-0.39, 0.29) is 11.5 Å². The Balaban J connectivity index is 1.90. The van der Waals surface area contributed by atoms with Crippen LogP contribution in [0.2, 0.25) is 0 Å². The van der Waals surface area contributed by atoms with E-state index >= 15 is 0 Å². The third-order valence-electron chi connectivity index (χ3n) is 4.07. The Morgan fingerprint density at radius 3 is 3.00 bits per heavy atom. The molecule has 6 nitrogen and oxygen atoms in total. The zero-order valence-corrected chi connectivity index (χ0v) is 13.3. The Kier molecular flexibility index (Phi) is 5.78. The Morgan fingerprint density at radius 1 is 1.48 bits per heavy atom. The summed E-state index contributed by atoms with van der Waals surface area (Å²) >= 11 is 0. The maximum Gasteiger partial charge on any atom is 0.243 e. The van der Waals surface area contributed by atoms with Crippen molar-refractivity contribution in [3.05, 3.63) is 12.4 Å². The first-order valence-electron chi connectivity index (χ1n) is 7.64. The fourth-order valence-electron chi connectivity index (χ4n) is 2.89. The summed E-state index contributed by atoms with van der Waals surface area (Å²) in [5.41, 5.74) is 0. The van der Waals surface area contributed by atoms with E-state index in [1.165, 1.54) is 25.2 Å².